The van der Waals surface area contributed by atoms with Crippen LogP contribution in [0.3, 0.4) is 0 Å². The zero-order valence-electron chi connectivity index (χ0n) is 10.4. The fourth-order valence-electron chi connectivity index (χ4n) is 1.88. The molecule has 6 heteroatoms. The first-order valence-electron chi connectivity index (χ1n) is 5.78. The van der Waals surface area contributed by atoms with Crippen LogP contribution in [-0.2, 0) is 0 Å². The molecule has 0 fully saturated rings. The van der Waals surface area contributed by atoms with Crippen LogP contribution < -0.4 is 0 Å². The molecule has 0 saturated carbocycles. The number of Topliss-reactive ketones (excluding diaryl/α,β-unsaturated/α-hetero) is 1. The Balaban J connectivity index is 2.49. The predicted octanol–water partition coefficient (Wildman–Crippen LogP) is 4.36. The second kappa shape index (κ2) is 6.10. The number of hydrogen-bond acceptors (Lipinski definition) is 2. The maximum Gasteiger partial charge on any atom is 0.185 e. The van der Waals surface area contributed by atoms with E-state index in [2.05, 4.69) is 15.9 Å². The zero-order chi connectivity index (χ0) is 15.6. The average molecular weight is 354 g/mol. The van der Waals surface area contributed by atoms with Crippen LogP contribution in [0.2, 0.25) is 0 Å². The second-order valence-corrected chi connectivity index (χ2v) is 5.02. The number of nitrogens with zero attached hydrogens (tertiary/aromatic N) is 1. The predicted molar refractivity (Wildman–Crippen MR) is 73.1 cm³/mol. The van der Waals surface area contributed by atoms with E-state index in [0.29, 0.717) is 6.07 Å². The minimum Gasteiger partial charge on any atom is -0.292 e. The first-order chi connectivity index (χ1) is 9.93. The van der Waals surface area contributed by atoms with E-state index in [1.54, 1.807) is 6.07 Å². The van der Waals surface area contributed by atoms with Crippen molar-refractivity contribution in [2.75, 3.05) is 0 Å². The van der Waals surface area contributed by atoms with Crippen molar-refractivity contribution in [3.63, 3.8) is 0 Å². The first-order valence-corrected chi connectivity index (χ1v) is 6.57. The lowest BCUT2D eigenvalue weighted by molar-refractivity contribution is 0.0977. The molecule has 2 aromatic rings. The third kappa shape index (κ3) is 3.14. The van der Waals surface area contributed by atoms with E-state index in [1.165, 1.54) is 12.1 Å². The fourth-order valence-corrected chi connectivity index (χ4v) is 2.34. The van der Waals surface area contributed by atoms with E-state index in [1.807, 2.05) is 0 Å². The Kier molecular flexibility index (Phi) is 4.43. The van der Waals surface area contributed by atoms with Crippen LogP contribution in [0.15, 0.2) is 40.9 Å². The first kappa shape index (κ1) is 15.3. The number of ketones is 1. The van der Waals surface area contributed by atoms with Gasteiger partial charge in [0.1, 0.15) is 23.4 Å². The van der Waals surface area contributed by atoms with Gasteiger partial charge in [0.2, 0.25) is 0 Å². The zero-order valence-corrected chi connectivity index (χ0v) is 12.0. The van der Waals surface area contributed by atoms with Gasteiger partial charge in [-0.25, -0.2) is 13.2 Å². The van der Waals surface area contributed by atoms with Crippen LogP contribution in [0.5, 0.6) is 0 Å². The Hall–Kier alpha value is -2.13. The SMILES string of the molecule is N#CC(C(=O)c1cccc(F)c1Br)c1cc(F)cc(F)c1. The number of carbonyl (C=O) groups excluding carboxylic acids is 1. The molecule has 2 rings (SSSR count). The van der Waals surface area contributed by atoms with Gasteiger partial charge in [0.25, 0.3) is 0 Å². The highest BCUT2D eigenvalue weighted by Crippen LogP contribution is 2.27. The Morgan fingerprint density at radius 2 is 1.76 bits per heavy atom. The van der Waals surface area contributed by atoms with Crippen LogP contribution in [0, 0.1) is 28.8 Å². The Bertz CT molecular complexity index is 735. The summed E-state index contributed by atoms with van der Waals surface area (Å²) >= 11 is 2.93. The van der Waals surface area contributed by atoms with Gasteiger partial charge in [-0.15, -0.1) is 0 Å². The summed E-state index contributed by atoms with van der Waals surface area (Å²) < 4.78 is 39.8. The van der Waals surface area contributed by atoms with Gasteiger partial charge in [-0.3, -0.25) is 4.79 Å². The Morgan fingerprint density at radius 3 is 2.33 bits per heavy atom. The van der Waals surface area contributed by atoms with Crippen LogP contribution in [-0.4, -0.2) is 5.78 Å². The van der Waals surface area contributed by atoms with Crippen molar-refractivity contribution in [3.8, 4) is 6.07 Å². The van der Waals surface area contributed by atoms with E-state index in [9.17, 15) is 18.0 Å². The van der Waals surface area contributed by atoms with Crippen molar-refractivity contribution in [1.29, 1.82) is 5.26 Å². The molecule has 0 amide bonds. The second-order valence-electron chi connectivity index (χ2n) is 4.23. The Morgan fingerprint density at radius 1 is 1.14 bits per heavy atom. The molecule has 0 aliphatic heterocycles. The van der Waals surface area contributed by atoms with Gasteiger partial charge >= 0.3 is 0 Å². The van der Waals surface area contributed by atoms with Gasteiger partial charge in [-0.05, 0) is 45.8 Å². The molecule has 0 spiro atoms. The van der Waals surface area contributed by atoms with E-state index in [4.69, 9.17) is 5.26 Å². The average Bonchev–Trinajstić information content (AvgIpc) is 2.41. The molecule has 21 heavy (non-hydrogen) atoms. The summed E-state index contributed by atoms with van der Waals surface area (Å²) in [5, 5.41) is 9.13. The maximum atomic E-state index is 13.4. The van der Waals surface area contributed by atoms with Crippen molar-refractivity contribution >= 4 is 21.7 Å². The summed E-state index contributed by atoms with van der Waals surface area (Å²) in [6.45, 7) is 0. The van der Waals surface area contributed by atoms with E-state index in [0.717, 1.165) is 18.2 Å². The number of rotatable bonds is 3. The monoisotopic (exact) mass is 353 g/mol. The van der Waals surface area contributed by atoms with Crippen LogP contribution in [0.4, 0.5) is 13.2 Å². The quantitative estimate of drug-likeness (QED) is 0.769. The third-order valence-electron chi connectivity index (χ3n) is 2.83. The molecule has 2 nitrogen and oxygen atoms in total. The Labute approximate surface area is 127 Å². The van der Waals surface area contributed by atoms with Crippen molar-refractivity contribution in [2.45, 2.75) is 5.92 Å². The lowest BCUT2D eigenvalue weighted by atomic mass is 9.91. The molecule has 0 aromatic heterocycles. The summed E-state index contributed by atoms with van der Waals surface area (Å²) in [5.74, 6) is -4.61. The van der Waals surface area contributed by atoms with Crippen LogP contribution in [0.1, 0.15) is 21.8 Å². The molecular weight excluding hydrogens is 347 g/mol. The van der Waals surface area contributed by atoms with Crippen LogP contribution in [0.25, 0.3) is 0 Å². The van der Waals surface area contributed by atoms with E-state index < -0.39 is 29.2 Å². The lowest BCUT2D eigenvalue weighted by Crippen LogP contribution is -2.13. The highest BCUT2D eigenvalue weighted by molar-refractivity contribution is 9.10. The van der Waals surface area contributed by atoms with E-state index >= 15 is 0 Å². The highest BCUT2D eigenvalue weighted by atomic mass is 79.9. The molecule has 0 saturated heterocycles. The van der Waals surface area contributed by atoms with Crippen molar-refractivity contribution in [1.82, 2.24) is 0 Å². The van der Waals surface area contributed by atoms with Crippen molar-refractivity contribution in [3.05, 3.63) is 69.4 Å². The summed E-state index contributed by atoms with van der Waals surface area (Å²) in [5.41, 5.74) is -0.178. The molecule has 0 N–H and O–H groups in total. The topological polar surface area (TPSA) is 40.9 Å². The summed E-state index contributed by atoms with van der Waals surface area (Å²) in [7, 11) is 0. The third-order valence-corrected chi connectivity index (χ3v) is 3.63. The van der Waals surface area contributed by atoms with Crippen molar-refractivity contribution < 1.29 is 18.0 Å². The van der Waals surface area contributed by atoms with Crippen LogP contribution >= 0.6 is 15.9 Å². The van der Waals surface area contributed by atoms with Gasteiger partial charge in [0, 0.05) is 11.6 Å². The summed E-state index contributed by atoms with van der Waals surface area (Å²) in [4.78, 5) is 12.3. The largest absolute Gasteiger partial charge is 0.292 e. The number of carbonyl (C=O) groups is 1. The molecule has 1 atom stereocenters. The minimum absolute atomic E-state index is 0.0637. The maximum absolute atomic E-state index is 13.4. The molecule has 0 aliphatic carbocycles. The molecular formula is C15H7BrF3NO. The number of hydrogen-bond donors (Lipinski definition) is 0. The van der Waals surface area contributed by atoms with Crippen molar-refractivity contribution in [2.24, 2.45) is 0 Å². The van der Waals surface area contributed by atoms with Gasteiger partial charge in [-0.1, -0.05) is 6.07 Å². The molecule has 0 aliphatic rings. The molecule has 2 aromatic carbocycles. The van der Waals surface area contributed by atoms with Gasteiger partial charge in [-0.2, -0.15) is 5.26 Å². The number of benzene rings is 2. The molecule has 1 unspecified atom stereocenters. The highest BCUT2D eigenvalue weighted by Gasteiger charge is 2.25. The smallest absolute Gasteiger partial charge is 0.185 e. The number of nitriles is 1. The normalized spacial score (nSPS) is 11.8. The summed E-state index contributed by atoms with van der Waals surface area (Å²) in [6.07, 6.45) is 0. The van der Waals surface area contributed by atoms with Gasteiger partial charge in [0.05, 0.1) is 10.5 Å². The number of halogens is 4. The van der Waals surface area contributed by atoms with Gasteiger partial charge in [0.15, 0.2) is 5.78 Å². The molecule has 0 heterocycles. The fraction of sp³-hybridized carbons (Fsp3) is 0.0667. The van der Waals surface area contributed by atoms with E-state index in [-0.39, 0.29) is 15.6 Å². The standard InChI is InChI=1S/C15H7BrF3NO/c16-14-11(2-1-3-13(14)19)15(21)12(7-20)8-4-9(17)6-10(18)5-8/h1-6,12H. The lowest BCUT2D eigenvalue weighted by Gasteiger charge is -2.11. The van der Waals surface area contributed by atoms with Gasteiger partial charge < -0.3 is 0 Å². The summed E-state index contributed by atoms with van der Waals surface area (Å²) in [6, 6.07) is 7.93. The molecule has 106 valence electrons. The molecule has 0 bridgehead atoms. The molecule has 0 radical (unpaired) electrons. The minimum atomic E-state index is -1.42.